The minimum absolute atomic E-state index is 0.0143. The highest BCUT2D eigenvalue weighted by atomic mass is 32.2. The second-order valence-corrected chi connectivity index (χ2v) is 11.0. The first-order valence-corrected chi connectivity index (χ1v) is 13.4. The molecule has 0 atom stereocenters. The fourth-order valence-corrected chi connectivity index (χ4v) is 4.68. The van der Waals surface area contributed by atoms with Crippen molar-refractivity contribution in [3.63, 3.8) is 0 Å². The van der Waals surface area contributed by atoms with Crippen molar-refractivity contribution in [3.8, 4) is 5.75 Å². The number of hydrogen-bond donors (Lipinski definition) is 1. The lowest BCUT2D eigenvalue weighted by Crippen LogP contribution is -2.22. The molecule has 1 amide bonds. The van der Waals surface area contributed by atoms with Gasteiger partial charge in [0, 0.05) is 29.3 Å². The minimum atomic E-state index is -4.40. The molecule has 0 saturated heterocycles. The molecule has 4 rings (SSSR count). The second-order valence-electron chi connectivity index (χ2n) is 8.71. The number of fused-ring (bicyclic) bond motifs is 1. The third kappa shape index (κ3) is 6.31. The molecule has 6 nitrogen and oxygen atoms in total. The minimum Gasteiger partial charge on any atom is -0.488 e. The summed E-state index contributed by atoms with van der Waals surface area (Å²) in [6.45, 7) is 3.64. The first-order chi connectivity index (χ1) is 18.0. The van der Waals surface area contributed by atoms with Crippen molar-refractivity contribution in [3.05, 3.63) is 101 Å². The van der Waals surface area contributed by atoms with Crippen LogP contribution in [0.4, 0.5) is 13.2 Å². The van der Waals surface area contributed by atoms with Gasteiger partial charge in [0.05, 0.1) is 21.7 Å². The Morgan fingerprint density at radius 1 is 0.947 bits per heavy atom. The van der Waals surface area contributed by atoms with Crippen molar-refractivity contribution >= 4 is 26.6 Å². The van der Waals surface area contributed by atoms with E-state index < -0.39 is 21.6 Å². The Kier molecular flexibility index (Phi) is 7.73. The van der Waals surface area contributed by atoms with E-state index in [4.69, 9.17) is 4.74 Å². The highest BCUT2D eigenvalue weighted by molar-refractivity contribution is 7.91. The number of benzene rings is 3. The van der Waals surface area contributed by atoms with E-state index in [0.29, 0.717) is 33.5 Å². The number of hydrogen-bond acceptors (Lipinski definition) is 5. The van der Waals surface area contributed by atoms with E-state index in [1.807, 2.05) is 0 Å². The van der Waals surface area contributed by atoms with Gasteiger partial charge in [0.1, 0.15) is 12.4 Å². The summed E-state index contributed by atoms with van der Waals surface area (Å²) in [6.07, 6.45) is -4.40. The standard InChI is InChI=1S/C28H25F3N2O4S/c1-3-38(35,36)23-11-6-19(7-12-23)16-32-27(34)21-8-13-24-25(15-21)33-18(2)14-26(24)37-17-20-4-9-22(10-5-20)28(29,30)31/h4-15H,3,16-17H2,1-2H3,(H,32,34). The second kappa shape index (κ2) is 10.8. The van der Waals surface area contributed by atoms with Crippen molar-refractivity contribution in [2.75, 3.05) is 5.75 Å². The third-order valence-corrected chi connectivity index (χ3v) is 7.70. The SMILES string of the molecule is CCS(=O)(=O)c1ccc(CNC(=O)c2ccc3c(OCc4ccc(C(F)(F)F)cc4)cc(C)nc3c2)cc1. The molecule has 10 heteroatoms. The van der Waals surface area contributed by atoms with E-state index in [-0.39, 0.29) is 29.7 Å². The number of ether oxygens (including phenoxy) is 1. The number of carbonyl (C=O) groups is 1. The molecule has 38 heavy (non-hydrogen) atoms. The van der Waals surface area contributed by atoms with E-state index in [1.54, 1.807) is 50.2 Å². The number of aryl methyl sites for hydroxylation is 1. The molecular formula is C28H25F3N2O4S. The van der Waals surface area contributed by atoms with Crippen molar-refractivity contribution in [2.24, 2.45) is 0 Å². The van der Waals surface area contributed by atoms with E-state index in [2.05, 4.69) is 10.3 Å². The van der Waals surface area contributed by atoms with E-state index in [0.717, 1.165) is 17.7 Å². The Balaban J connectivity index is 1.45. The summed E-state index contributed by atoms with van der Waals surface area (Å²) in [5.41, 5.74) is 2.18. The summed E-state index contributed by atoms with van der Waals surface area (Å²) >= 11 is 0. The van der Waals surface area contributed by atoms with Crippen molar-refractivity contribution < 1.29 is 31.1 Å². The number of amides is 1. The fraction of sp³-hybridized carbons (Fsp3) is 0.214. The molecule has 0 saturated carbocycles. The normalized spacial score (nSPS) is 11.9. The van der Waals surface area contributed by atoms with Gasteiger partial charge in [0.2, 0.25) is 0 Å². The molecule has 0 aliphatic carbocycles. The smallest absolute Gasteiger partial charge is 0.416 e. The maximum atomic E-state index is 12.8. The van der Waals surface area contributed by atoms with Gasteiger partial charge in [-0.25, -0.2) is 8.42 Å². The molecule has 0 unspecified atom stereocenters. The summed E-state index contributed by atoms with van der Waals surface area (Å²) in [5.74, 6) is 0.189. The summed E-state index contributed by atoms with van der Waals surface area (Å²) in [4.78, 5) is 17.5. The monoisotopic (exact) mass is 542 g/mol. The molecule has 0 bridgehead atoms. The van der Waals surface area contributed by atoms with Gasteiger partial charge in [-0.15, -0.1) is 0 Å². The average Bonchev–Trinajstić information content (AvgIpc) is 2.89. The molecule has 3 aromatic carbocycles. The number of aromatic nitrogens is 1. The van der Waals surface area contributed by atoms with E-state index in [9.17, 15) is 26.4 Å². The van der Waals surface area contributed by atoms with Gasteiger partial charge in [-0.1, -0.05) is 31.2 Å². The zero-order valence-corrected chi connectivity index (χ0v) is 21.5. The van der Waals surface area contributed by atoms with E-state index >= 15 is 0 Å². The largest absolute Gasteiger partial charge is 0.488 e. The van der Waals surface area contributed by atoms with Gasteiger partial charge < -0.3 is 10.1 Å². The average molecular weight is 543 g/mol. The Morgan fingerprint density at radius 3 is 2.24 bits per heavy atom. The van der Waals surface area contributed by atoms with Crippen LogP contribution < -0.4 is 10.1 Å². The van der Waals surface area contributed by atoms with Gasteiger partial charge in [0.15, 0.2) is 9.84 Å². The van der Waals surface area contributed by atoms with Crippen LogP contribution in [-0.4, -0.2) is 25.1 Å². The number of carbonyl (C=O) groups excluding carboxylic acids is 1. The van der Waals surface area contributed by atoms with E-state index in [1.165, 1.54) is 24.3 Å². The molecule has 1 heterocycles. The van der Waals surface area contributed by atoms with Crippen LogP contribution in [0.15, 0.2) is 77.7 Å². The van der Waals surface area contributed by atoms with Crippen molar-refractivity contribution in [1.82, 2.24) is 10.3 Å². The van der Waals surface area contributed by atoms with Crippen LogP contribution in [0.3, 0.4) is 0 Å². The van der Waals surface area contributed by atoms with Crippen LogP contribution >= 0.6 is 0 Å². The van der Waals surface area contributed by atoms with Gasteiger partial charge in [0.25, 0.3) is 5.91 Å². The van der Waals surface area contributed by atoms with Gasteiger partial charge in [-0.05, 0) is 60.5 Å². The Bertz CT molecular complexity index is 1570. The number of halogens is 3. The highest BCUT2D eigenvalue weighted by Crippen LogP contribution is 2.30. The first kappa shape index (κ1) is 27.1. The third-order valence-electron chi connectivity index (χ3n) is 5.95. The maximum absolute atomic E-state index is 12.8. The zero-order valence-electron chi connectivity index (χ0n) is 20.7. The summed E-state index contributed by atoms with van der Waals surface area (Å²) in [5, 5.41) is 3.47. The summed E-state index contributed by atoms with van der Waals surface area (Å²) in [7, 11) is -3.29. The number of pyridine rings is 1. The van der Waals surface area contributed by atoms with Crippen LogP contribution in [0.2, 0.25) is 0 Å². The number of nitrogens with one attached hydrogen (secondary N) is 1. The number of sulfone groups is 1. The molecular weight excluding hydrogens is 517 g/mol. The summed E-state index contributed by atoms with van der Waals surface area (Å²) < 4.78 is 68.2. The fourth-order valence-electron chi connectivity index (χ4n) is 3.80. The number of rotatable bonds is 8. The van der Waals surface area contributed by atoms with Gasteiger partial charge in [-0.2, -0.15) is 13.2 Å². The van der Waals surface area contributed by atoms with Crippen LogP contribution in [0.5, 0.6) is 5.75 Å². The molecule has 0 radical (unpaired) electrons. The van der Waals surface area contributed by atoms with Crippen LogP contribution in [0.25, 0.3) is 10.9 Å². The molecule has 4 aromatic rings. The van der Waals surface area contributed by atoms with Crippen LogP contribution in [0, 0.1) is 6.92 Å². The lowest BCUT2D eigenvalue weighted by molar-refractivity contribution is -0.137. The highest BCUT2D eigenvalue weighted by Gasteiger charge is 2.29. The Hall–Kier alpha value is -3.92. The number of alkyl halides is 3. The maximum Gasteiger partial charge on any atom is 0.416 e. The van der Waals surface area contributed by atoms with Crippen molar-refractivity contribution in [1.29, 1.82) is 0 Å². The van der Waals surface area contributed by atoms with Gasteiger partial charge in [-0.3, -0.25) is 9.78 Å². The number of nitrogens with zero attached hydrogens (tertiary/aromatic N) is 1. The Morgan fingerprint density at radius 2 is 1.61 bits per heavy atom. The van der Waals surface area contributed by atoms with Gasteiger partial charge >= 0.3 is 6.18 Å². The molecule has 0 fully saturated rings. The lowest BCUT2D eigenvalue weighted by Gasteiger charge is -2.12. The molecule has 1 aromatic heterocycles. The molecule has 198 valence electrons. The Labute approximate surface area is 218 Å². The molecule has 0 spiro atoms. The zero-order chi connectivity index (χ0) is 27.5. The predicted molar refractivity (Wildman–Crippen MR) is 138 cm³/mol. The topological polar surface area (TPSA) is 85.4 Å². The summed E-state index contributed by atoms with van der Waals surface area (Å²) in [6, 6.07) is 17.9. The lowest BCUT2D eigenvalue weighted by atomic mass is 10.1. The predicted octanol–water partition coefficient (Wildman–Crippen LogP) is 5.86. The quantitative estimate of drug-likeness (QED) is 0.301. The van der Waals surface area contributed by atoms with Crippen molar-refractivity contribution in [2.45, 2.75) is 38.1 Å². The van der Waals surface area contributed by atoms with Crippen LogP contribution in [-0.2, 0) is 29.2 Å². The van der Waals surface area contributed by atoms with Crippen LogP contribution in [0.1, 0.15) is 39.7 Å². The molecule has 0 aliphatic heterocycles. The first-order valence-electron chi connectivity index (χ1n) is 11.8. The molecule has 1 N–H and O–H groups in total. The molecule has 0 aliphatic rings.